The third kappa shape index (κ3) is 6.90. The highest BCUT2D eigenvalue weighted by Crippen LogP contribution is 2.29. The zero-order chi connectivity index (χ0) is 21.2. The van der Waals surface area contributed by atoms with E-state index in [1.807, 2.05) is 12.1 Å². The zero-order valence-corrected chi connectivity index (χ0v) is 16.5. The minimum atomic E-state index is -1.26. The number of carbonyl (C=O) groups excluding carboxylic acids is 1. The maximum Gasteiger partial charge on any atom is 0.328 e. The van der Waals surface area contributed by atoms with Gasteiger partial charge in [-0.2, -0.15) is 0 Å². The highest BCUT2D eigenvalue weighted by molar-refractivity contribution is 5.97. The average molecular weight is 404 g/mol. The molecule has 1 aromatic carbocycles. The van der Waals surface area contributed by atoms with Crippen LogP contribution in [-0.4, -0.2) is 53.3 Å². The molecule has 2 aliphatic heterocycles. The van der Waals surface area contributed by atoms with E-state index in [4.69, 9.17) is 14.9 Å². The van der Waals surface area contributed by atoms with Crippen molar-refractivity contribution in [2.75, 3.05) is 13.2 Å². The van der Waals surface area contributed by atoms with Crippen LogP contribution in [0.15, 0.2) is 30.4 Å². The summed E-state index contributed by atoms with van der Waals surface area (Å²) in [5.74, 6) is -1.73. The lowest BCUT2D eigenvalue weighted by Crippen LogP contribution is -2.47. The number of benzene rings is 1. The summed E-state index contributed by atoms with van der Waals surface area (Å²) >= 11 is 0. The van der Waals surface area contributed by atoms with Crippen LogP contribution >= 0.6 is 0 Å². The van der Waals surface area contributed by atoms with Crippen LogP contribution in [0.25, 0.3) is 0 Å². The van der Waals surface area contributed by atoms with Gasteiger partial charge in [0, 0.05) is 24.2 Å². The summed E-state index contributed by atoms with van der Waals surface area (Å²) < 4.78 is 5.74. The molecule has 0 bridgehead atoms. The van der Waals surface area contributed by atoms with Gasteiger partial charge in [-0.3, -0.25) is 4.79 Å². The minimum absolute atomic E-state index is 0.00528. The van der Waals surface area contributed by atoms with Crippen molar-refractivity contribution >= 4 is 17.8 Å². The lowest BCUT2D eigenvalue weighted by molar-refractivity contribution is -0.134. The summed E-state index contributed by atoms with van der Waals surface area (Å²) in [5, 5.41) is 22.3. The van der Waals surface area contributed by atoms with Gasteiger partial charge in [0.1, 0.15) is 5.75 Å². The van der Waals surface area contributed by atoms with Gasteiger partial charge in [0.15, 0.2) is 0 Å². The lowest BCUT2D eigenvalue weighted by atomic mass is 10.00. The average Bonchev–Trinajstić information content (AvgIpc) is 3.25. The van der Waals surface area contributed by atoms with Crippen molar-refractivity contribution in [2.45, 2.75) is 51.1 Å². The van der Waals surface area contributed by atoms with Crippen LogP contribution in [-0.2, 0) is 16.0 Å². The van der Waals surface area contributed by atoms with Gasteiger partial charge >= 0.3 is 11.9 Å². The Hall–Kier alpha value is -2.87. The van der Waals surface area contributed by atoms with Crippen molar-refractivity contribution in [2.24, 2.45) is 0 Å². The maximum atomic E-state index is 12.6. The van der Waals surface area contributed by atoms with Gasteiger partial charge in [0.2, 0.25) is 0 Å². The second-order valence-corrected chi connectivity index (χ2v) is 6.95. The molecule has 1 fully saturated rings. The Morgan fingerprint density at radius 2 is 1.97 bits per heavy atom. The van der Waals surface area contributed by atoms with Crippen molar-refractivity contribution in [1.82, 2.24) is 10.6 Å². The highest BCUT2D eigenvalue weighted by atomic mass is 16.5. The number of rotatable bonds is 6. The number of carboxylic acid groups (broad SMARTS) is 2. The number of para-hydroxylation sites is 1. The number of fused-ring (bicyclic) bond motifs is 1. The summed E-state index contributed by atoms with van der Waals surface area (Å²) in [6, 6.07) is 6.48. The van der Waals surface area contributed by atoms with Gasteiger partial charge in [-0.1, -0.05) is 19.1 Å². The standard InChI is InChI=1S/C17H24N2O2.C4H4O4/c1-2-14(15-9-4-10-18-15)19-17(20)13-8-3-6-12-7-5-11-21-16(12)13;5-3(6)1-2-4(7)8/h3,6,8,14-15,18H,2,4-5,7,9-11H2,1H3,(H,19,20);1-2H,(H,5,6)(H,7,8). The number of carboxylic acids is 2. The van der Waals surface area contributed by atoms with Crippen molar-refractivity contribution in [3.8, 4) is 5.75 Å². The van der Waals surface area contributed by atoms with Gasteiger partial charge < -0.3 is 25.6 Å². The fourth-order valence-electron chi connectivity index (χ4n) is 3.50. The molecular formula is C21H28N2O6. The molecule has 3 rings (SSSR count). The molecule has 8 heteroatoms. The summed E-state index contributed by atoms with van der Waals surface area (Å²) in [5.41, 5.74) is 1.84. The summed E-state index contributed by atoms with van der Waals surface area (Å²) in [6.45, 7) is 3.89. The largest absolute Gasteiger partial charge is 0.492 e. The first-order valence-corrected chi connectivity index (χ1v) is 9.85. The van der Waals surface area contributed by atoms with E-state index in [9.17, 15) is 14.4 Å². The van der Waals surface area contributed by atoms with Gasteiger partial charge in [-0.25, -0.2) is 9.59 Å². The van der Waals surface area contributed by atoms with Crippen LogP contribution in [0.3, 0.4) is 0 Å². The molecule has 4 N–H and O–H groups in total. The van der Waals surface area contributed by atoms with E-state index in [1.54, 1.807) is 0 Å². The Balaban J connectivity index is 0.000000321. The quantitative estimate of drug-likeness (QED) is 0.534. The predicted octanol–water partition coefficient (Wildman–Crippen LogP) is 1.98. The molecule has 29 heavy (non-hydrogen) atoms. The van der Waals surface area contributed by atoms with E-state index in [0.717, 1.165) is 43.5 Å². The van der Waals surface area contributed by atoms with E-state index in [-0.39, 0.29) is 11.9 Å². The number of hydrogen-bond donors (Lipinski definition) is 4. The fraction of sp³-hybridized carbons (Fsp3) is 0.476. The van der Waals surface area contributed by atoms with Crippen LogP contribution in [0.4, 0.5) is 0 Å². The third-order valence-corrected chi connectivity index (χ3v) is 4.89. The van der Waals surface area contributed by atoms with Crippen LogP contribution in [0.5, 0.6) is 5.75 Å². The SMILES string of the molecule is CCC(NC(=O)c1cccc2c1OCCC2)C1CCCN1.O=C(O)C=CC(=O)O. The topological polar surface area (TPSA) is 125 Å². The van der Waals surface area contributed by atoms with Crippen LogP contribution in [0.2, 0.25) is 0 Å². The number of hydrogen-bond acceptors (Lipinski definition) is 5. The molecule has 0 aliphatic carbocycles. The molecule has 1 saturated heterocycles. The number of ether oxygens (including phenoxy) is 1. The Labute approximate surface area is 169 Å². The van der Waals surface area contributed by atoms with Crippen LogP contribution < -0.4 is 15.4 Å². The van der Waals surface area contributed by atoms with Crippen molar-refractivity contribution in [3.63, 3.8) is 0 Å². The normalized spacial score (nSPS) is 18.7. The molecule has 0 aromatic heterocycles. The highest BCUT2D eigenvalue weighted by Gasteiger charge is 2.26. The Kier molecular flexibility index (Phi) is 8.67. The first-order valence-electron chi connectivity index (χ1n) is 9.85. The number of aliphatic carboxylic acids is 2. The van der Waals surface area contributed by atoms with Gasteiger partial charge in [-0.05, 0) is 50.3 Å². The summed E-state index contributed by atoms with van der Waals surface area (Å²) in [7, 11) is 0. The molecule has 0 radical (unpaired) electrons. The minimum Gasteiger partial charge on any atom is -0.492 e. The smallest absolute Gasteiger partial charge is 0.328 e. The zero-order valence-electron chi connectivity index (χ0n) is 16.5. The van der Waals surface area contributed by atoms with Crippen molar-refractivity contribution < 1.29 is 29.3 Å². The van der Waals surface area contributed by atoms with Crippen molar-refractivity contribution in [1.29, 1.82) is 0 Å². The Bertz CT molecular complexity index is 740. The number of nitrogens with one attached hydrogen (secondary N) is 2. The van der Waals surface area contributed by atoms with Gasteiger partial charge in [0.25, 0.3) is 5.91 Å². The second kappa shape index (κ2) is 11.2. The molecule has 0 spiro atoms. The molecule has 2 atom stereocenters. The number of aryl methyl sites for hydroxylation is 1. The van der Waals surface area contributed by atoms with Gasteiger partial charge in [0.05, 0.1) is 12.2 Å². The first-order chi connectivity index (χ1) is 13.9. The second-order valence-electron chi connectivity index (χ2n) is 6.95. The molecule has 158 valence electrons. The molecule has 2 unspecified atom stereocenters. The molecule has 2 aliphatic rings. The molecular weight excluding hydrogens is 376 g/mol. The van der Waals surface area contributed by atoms with Crippen molar-refractivity contribution in [3.05, 3.63) is 41.5 Å². The third-order valence-electron chi connectivity index (χ3n) is 4.89. The van der Waals surface area contributed by atoms with Crippen LogP contribution in [0, 0.1) is 0 Å². The van der Waals surface area contributed by atoms with E-state index in [0.29, 0.717) is 30.4 Å². The van der Waals surface area contributed by atoms with Gasteiger partial charge in [-0.15, -0.1) is 0 Å². The molecule has 0 saturated carbocycles. The first kappa shape index (κ1) is 22.4. The molecule has 2 heterocycles. The fourth-order valence-corrected chi connectivity index (χ4v) is 3.50. The monoisotopic (exact) mass is 404 g/mol. The van der Waals surface area contributed by atoms with E-state index < -0.39 is 11.9 Å². The summed E-state index contributed by atoms with van der Waals surface area (Å²) in [4.78, 5) is 31.7. The number of carbonyl (C=O) groups is 3. The van der Waals surface area contributed by atoms with E-state index >= 15 is 0 Å². The predicted molar refractivity (Wildman–Crippen MR) is 107 cm³/mol. The lowest BCUT2D eigenvalue weighted by Gasteiger charge is -2.25. The Morgan fingerprint density at radius 1 is 1.24 bits per heavy atom. The summed E-state index contributed by atoms with van der Waals surface area (Å²) in [6.07, 6.45) is 6.42. The maximum absolute atomic E-state index is 12.6. The Morgan fingerprint density at radius 3 is 2.55 bits per heavy atom. The molecule has 1 amide bonds. The van der Waals surface area contributed by atoms with E-state index in [1.165, 1.54) is 6.42 Å². The molecule has 8 nitrogen and oxygen atoms in total. The molecule has 1 aromatic rings. The van der Waals surface area contributed by atoms with Crippen LogP contribution in [0.1, 0.15) is 48.5 Å². The van der Waals surface area contributed by atoms with E-state index in [2.05, 4.69) is 23.6 Å². The number of amides is 1.